The van der Waals surface area contributed by atoms with Crippen molar-refractivity contribution < 1.29 is 9.59 Å². The summed E-state index contributed by atoms with van der Waals surface area (Å²) in [7, 11) is 0. The Morgan fingerprint density at radius 1 is 0.960 bits per heavy atom. The Balaban J connectivity index is 1.51. The molecule has 1 aromatic rings. The quantitative estimate of drug-likeness (QED) is 0.842. The molecule has 0 radical (unpaired) electrons. The largest absolute Gasteiger partial charge is 0.342 e. The van der Waals surface area contributed by atoms with Crippen molar-refractivity contribution in [1.29, 1.82) is 0 Å². The van der Waals surface area contributed by atoms with Gasteiger partial charge in [-0.3, -0.25) is 9.59 Å². The fraction of sp³-hybridized carbons (Fsp3) is 0.619. The highest BCUT2D eigenvalue weighted by molar-refractivity contribution is 5.94. The van der Waals surface area contributed by atoms with Crippen LogP contribution in [0.25, 0.3) is 0 Å². The third-order valence-corrected chi connectivity index (χ3v) is 5.54. The maximum Gasteiger partial charge on any atom is 0.253 e. The van der Waals surface area contributed by atoms with E-state index in [1.54, 1.807) is 0 Å². The first-order chi connectivity index (χ1) is 12.0. The van der Waals surface area contributed by atoms with Crippen LogP contribution in [0.1, 0.15) is 55.5 Å². The van der Waals surface area contributed by atoms with Crippen LogP contribution in [-0.2, 0) is 11.2 Å². The highest BCUT2D eigenvalue weighted by Crippen LogP contribution is 2.23. The standard InChI is InChI=1S/C21H30N2O2/c1-16(2)20(24)23-13-9-18(10-14-23)15-17-5-7-19(8-6-17)21(25)22-11-3-4-12-22/h5-8,16,18H,3-4,9-15H2,1-2H3. The minimum Gasteiger partial charge on any atom is -0.342 e. The Hall–Kier alpha value is -1.84. The summed E-state index contributed by atoms with van der Waals surface area (Å²) >= 11 is 0. The van der Waals surface area contributed by atoms with Crippen molar-refractivity contribution in [3.8, 4) is 0 Å². The second-order valence-corrected chi connectivity index (χ2v) is 7.82. The monoisotopic (exact) mass is 342 g/mol. The van der Waals surface area contributed by atoms with Crippen molar-refractivity contribution in [3.05, 3.63) is 35.4 Å². The van der Waals surface area contributed by atoms with Gasteiger partial charge in [0.15, 0.2) is 0 Å². The maximum absolute atomic E-state index is 12.4. The van der Waals surface area contributed by atoms with Gasteiger partial charge in [0.2, 0.25) is 5.91 Å². The second-order valence-electron chi connectivity index (χ2n) is 7.82. The van der Waals surface area contributed by atoms with Crippen LogP contribution in [0.2, 0.25) is 0 Å². The van der Waals surface area contributed by atoms with Gasteiger partial charge in [-0.25, -0.2) is 0 Å². The summed E-state index contributed by atoms with van der Waals surface area (Å²) in [5.41, 5.74) is 2.11. The lowest BCUT2D eigenvalue weighted by molar-refractivity contribution is -0.135. The minimum absolute atomic E-state index is 0.0947. The van der Waals surface area contributed by atoms with E-state index < -0.39 is 0 Å². The van der Waals surface area contributed by atoms with E-state index in [9.17, 15) is 9.59 Å². The van der Waals surface area contributed by atoms with Gasteiger partial charge in [-0.05, 0) is 55.7 Å². The Morgan fingerprint density at radius 2 is 1.56 bits per heavy atom. The van der Waals surface area contributed by atoms with E-state index in [0.717, 1.165) is 63.8 Å². The number of likely N-dealkylation sites (tertiary alicyclic amines) is 2. The number of piperidine rings is 1. The molecule has 0 bridgehead atoms. The molecule has 2 aliphatic rings. The van der Waals surface area contributed by atoms with Crippen LogP contribution in [0.5, 0.6) is 0 Å². The van der Waals surface area contributed by atoms with Crippen molar-refractivity contribution in [2.75, 3.05) is 26.2 Å². The number of benzene rings is 1. The molecule has 0 saturated carbocycles. The normalized spacial score (nSPS) is 18.8. The molecule has 2 heterocycles. The molecule has 0 spiro atoms. The van der Waals surface area contributed by atoms with Crippen molar-refractivity contribution in [2.24, 2.45) is 11.8 Å². The van der Waals surface area contributed by atoms with E-state index in [1.807, 2.05) is 35.8 Å². The van der Waals surface area contributed by atoms with Gasteiger partial charge in [0.1, 0.15) is 0 Å². The zero-order valence-electron chi connectivity index (χ0n) is 15.5. The van der Waals surface area contributed by atoms with Crippen LogP contribution in [0.4, 0.5) is 0 Å². The Morgan fingerprint density at radius 3 is 2.12 bits per heavy atom. The minimum atomic E-state index is 0.0947. The van der Waals surface area contributed by atoms with Gasteiger partial charge in [0.05, 0.1) is 0 Å². The molecule has 2 fully saturated rings. The molecule has 3 rings (SSSR count). The third-order valence-electron chi connectivity index (χ3n) is 5.54. The van der Waals surface area contributed by atoms with Gasteiger partial charge in [-0.15, -0.1) is 0 Å². The van der Waals surface area contributed by atoms with Crippen LogP contribution in [0, 0.1) is 11.8 Å². The van der Waals surface area contributed by atoms with Gasteiger partial charge >= 0.3 is 0 Å². The zero-order valence-corrected chi connectivity index (χ0v) is 15.5. The summed E-state index contributed by atoms with van der Waals surface area (Å²) in [4.78, 5) is 28.4. The molecule has 136 valence electrons. The number of carbonyl (C=O) groups excluding carboxylic acids is 2. The van der Waals surface area contributed by atoms with Crippen molar-refractivity contribution in [3.63, 3.8) is 0 Å². The van der Waals surface area contributed by atoms with Crippen LogP contribution >= 0.6 is 0 Å². The third kappa shape index (κ3) is 4.42. The highest BCUT2D eigenvalue weighted by atomic mass is 16.2. The van der Waals surface area contributed by atoms with Crippen molar-refractivity contribution in [1.82, 2.24) is 9.80 Å². The average molecular weight is 342 g/mol. The van der Waals surface area contributed by atoms with E-state index in [4.69, 9.17) is 0 Å². The molecule has 4 nitrogen and oxygen atoms in total. The predicted molar refractivity (Wildman–Crippen MR) is 99.4 cm³/mol. The first-order valence-electron chi connectivity index (χ1n) is 9.71. The lowest BCUT2D eigenvalue weighted by atomic mass is 9.89. The number of hydrogen-bond donors (Lipinski definition) is 0. The van der Waals surface area contributed by atoms with Crippen LogP contribution in [0.3, 0.4) is 0 Å². The number of rotatable bonds is 4. The summed E-state index contributed by atoms with van der Waals surface area (Å²) in [6.45, 7) is 7.50. The predicted octanol–water partition coefficient (Wildman–Crippen LogP) is 3.36. The number of amides is 2. The van der Waals surface area contributed by atoms with E-state index in [-0.39, 0.29) is 17.7 Å². The molecule has 0 atom stereocenters. The summed E-state index contributed by atoms with van der Waals surface area (Å²) < 4.78 is 0. The van der Waals surface area contributed by atoms with Crippen molar-refractivity contribution >= 4 is 11.8 Å². The zero-order chi connectivity index (χ0) is 17.8. The molecule has 2 aliphatic heterocycles. The summed E-state index contributed by atoms with van der Waals surface area (Å²) in [5.74, 6) is 1.18. The Bertz CT molecular complexity index is 595. The highest BCUT2D eigenvalue weighted by Gasteiger charge is 2.24. The first kappa shape index (κ1) is 18.0. The number of carbonyl (C=O) groups is 2. The maximum atomic E-state index is 12.4. The molecule has 0 aliphatic carbocycles. The van der Waals surface area contributed by atoms with Crippen LogP contribution in [0.15, 0.2) is 24.3 Å². The lowest BCUT2D eigenvalue weighted by Crippen LogP contribution is -2.40. The van der Waals surface area contributed by atoms with Gasteiger partial charge in [-0.1, -0.05) is 26.0 Å². The van der Waals surface area contributed by atoms with E-state index >= 15 is 0 Å². The molecule has 2 amide bonds. The molecule has 4 heteroatoms. The molecule has 0 N–H and O–H groups in total. The Labute approximate surface area is 151 Å². The molecular formula is C21H30N2O2. The smallest absolute Gasteiger partial charge is 0.253 e. The lowest BCUT2D eigenvalue weighted by Gasteiger charge is -2.33. The van der Waals surface area contributed by atoms with Gasteiger partial charge in [0, 0.05) is 37.7 Å². The molecule has 1 aromatic carbocycles. The van der Waals surface area contributed by atoms with E-state index in [1.165, 1.54) is 5.56 Å². The molecular weight excluding hydrogens is 312 g/mol. The Kier molecular flexibility index (Phi) is 5.77. The number of nitrogens with zero attached hydrogens (tertiary/aromatic N) is 2. The van der Waals surface area contributed by atoms with Crippen LogP contribution in [-0.4, -0.2) is 47.8 Å². The van der Waals surface area contributed by atoms with E-state index in [0.29, 0.717) is 5.92 Å². The number of hydrogen-bond acceptors (Lipinski definition) is 2. The first-order valence-corrected chi connectivity index (χ1v) is 9.71. The van der Waals surface area contributed by atoms with Gasteiger partial charge < -0.3 is 9.80 Å². The summed E-state index contributed by atoms with van der Waals surface area (Å²) in [6, 6.07) is 8.17. The SMILES string of the molecule is CC(C)C(=O)N1CCC(Cc2ccc(C(=O)N3CCCC3)cc2)CC1. The summed E-state index contributed by atoms with van der Waals surface area (Å²) in [6.07, 6.45) is 5.45. The van der Waals surface area contributed by atoms with Gasteiger partial charge in [0.25, 0.3) is 5.91 Å². The molecule has 2 saturated heterocycles. The molecule has 0 unspecified atom stereocenters. The van der Waals surface area contributed by atoms with Crippen molar-refractivity contribution in [2.45, 2.75) is 46.0 Å². The molecule has 0 aromatic heterocycles. The fourth-order valence-corrected chi connectivity index (χ4v) is 3.94. The summed E-state index contributed by atoms with van der Waals surface area (Å²) in [5, 5.41) is 0. The topological polar surface area (TPSA) is 40.6 Å². The average Bonchev–Trinajstić information content (AvgIpc) is 3.16. The fourth-order valence-electron chi connectivity index (χ4n) is 3.94. The second kappa shape index (κ2) is 8.03. The van der Waals surface area contributed by atoms with E-state index in [2.05, 4.69) is 12.1 Å². The van der Waals surface area contributed by atoms with Crippen LogP contribution < -0.4 is 0 Å². The molecule has 25 heavy (non-hydrogen) atoms. The van der Waals surface area contributed by atoms with Gasteiger partial charge in [-0.2, -0.15) is 0 Å².